The summed E-state index contributed by atoms with van der Waals surface area (Å²) < 4.78 is 5.37. The summed E-state index contributed by atoms with van der Waals surface area (Å²) in [5.41, 5.74) is 3.08. The van der Waals surface area contributed by atoms with E-state index >= 15 is 0 Å². The molecule has 5 rings (SSSR count). The van der Waals surface area contributed by atoms with E-state index in [1.54, 1.807) is 31.2 Å². The Bertz CT molecular complexity index is 1520. The minimum absolute atomic E-state index is 0.0658. The number of carbonyl (C=O) groups excluding carboxylic acids is 3. The Hall–Kier alpha value is -4.48. The van der Waals surface area contributed by atoms with Crippen LogP contribution in [0.4, 0.5) is 9.59 Å². The Labute approximate surface area is 259 Å². The Kier molecular flexibility index (Phi) is 8.89. The molecular formula is C36H40N4O4. The fourth-order valence-electron chi connectivity index (χ4n) is 6.67. The molecule has 0 atom stereocenters. The van der Waals surface area contributed by atoms with Gasteiger partial charge in [-0.05, 0) is 88.8 Å². The summed E-state index contributed by atoms with van der Waals surface area (Å²) in [6.45, 7) is 10.00. The summed E-state index contributed by atoms with van der Waals surface area (Å²) in [4.78, 5) is 46.5. The van der Waals surface area contributed by atoms with Crippen LogP contribution in [-0.4, -0.2) is 65.5 Å². The minimum atomic E-state index is -1.68. The van der Waals surface area contributed by atoms with Crippen LogP contribution in [0.2, 0.25) is 0 Å². The zero-order valence-electron chi connectivity index (χ0n) is 26.0. The largest absolute Gasteiger partial charge is 0.449 e. The highest BCUT2D eigenvalue weighted by Crippen LogP contribution is 2.44. The predicted molar refractivity (Wildman–Crippen MR) is 168 cm³/mol. The number of ether oxygens (including phenoxy) is 1. The number of piperidine rings is 1. The molecule has 44 heavy (non-hydrogen) atoms. The van der Waals surface area contributed by atoms with Gasteiger partial charge >= 0.3 is 12.1 Å². The van der Waals surface area contributed by atoms with Crippen molar-refractivity contribution < 1.29 is 19.1 Å². The molecule has 0 saturated carbocycles. The average Bonchev–Trinajstić information content (AvgIpc) is 3.25. The lowest BCUT2D eigenvalue weighted by Crippen LogP contribution is -2.51. The predicted octanol–water partition coefficient (Wildman–Crippen LogP) is 6.22. The molecule has 228 valence electrons. The third kappa shape index (κ3) is 5.37. The van der Waals surface area contributed by atoms with Crippen molar-refractivity contribution in [1.29, 1.82) is 5.26 Å². The number of rotatable bonds is 8. The number of likely N-dealkylation sites (tertiary alicyclic amines) is 1. The highest BCUT2D eigenvalue weighted by Gasteiger charge is 2.62. The summed E-state index contributed by atoms with van der Waals surface area (Å²) in [6.07, 6.45) is 1.12. The molecule has 8 nitrogen and oxygen atoms in total. The first kappa shape index (κ1) is 31.0. The second-order valence-corrected chi connectivity index (χ2v) is 11.9. The van der Waals surface area contributed by atoms with Crippen LogP contribution in [0.3, 0.4) is 0 Å². The molecule has 2 fully saturated rings. The van der Waals surface area contributed by atoms with Crippen LogP contribution in [-0.2, 0) is 20.5 Å². The lowest BCUT2D eigenvalue weighted by atomic mass is 9.72. The fourth-order valence-corrected chi connectivity index (χ4v) is 6.67. The van der Waals surface area contributed by atoms with Gasteiger partial charge in [-0.15, -0.1) is 0 Å². The molecule has 8 heteroatoms. The van der Waals surface area contributed by atoms with Gasteiger partial charge in [-0.1, -0.05) is 83.9 Å². The minimum Gasteiger partial charge on any atom is -0.449 e. The zero-order chi connectivity index (χ0) is 31.5. The van der Waals surface area contributed by atoms with Crippen LogP contribution in [0.15, 0.2) is 72.8 Å². The quantitative estimate of drug-likeness (QED) is 0.288. The van der Waals surface area contributed by atoms with Gasteiger partial charge in [-0.3, -0.25) is 9.69 Å². The summed E-state index contributed by atoms with van der Waals surface area (Å²) in [5, 5.41) is 10.2. The number of nitriles is 1. The molecule has 2 heterocycles. The van der Waals surface area contributed by atoms with Crippen LogP contribution in [0.25, 0.3) is 0 Å². The third-order valence-corrected chi connectivity index (χ3v) is 9.14. The van der Waals surface area contributed by atoms with Crippen LogP contribution in [0.5, 0.6) is 0 Å². The van der Waals surface area contributed by atoms with Crippen molar-refractivity contribution in [3.8, 4) is 6.07 Å². The standard InChI is InChI=1S/C36H40N4O4/c1-5-44-34(43)40-33(42)39(22-8-21-38-23-19-35(25-37,20-24-38)31-10-7-6-9-28(31)4)32(41)36(40,29-15-11-26(2)12-16-29)30-17-13-27(3)14-18-30/h6-7,9-18H,5,8,19-24H2,1-4H3. The van der Waals surface area contributed by atoms with Crippen molar-refractivity contribution >= 4 is 18.0 Å². The average molecular weight is 593 g/mol. The number of carbonyl (C=O) groups is 3. The maximum absolute atomic E-state index is 14.5. The smallest absolute Gasteiger partial charge is 0.419 e. The van der Waals surface area contributed by atoms with E-state index in [0.29, 0.717) is 24.1 Å². The zero-order valence-corrected chi connectivity index (χ0v) is 26.0. The first-order valence-electron chi connectivity index (χ1n) is 15.3. The number of urea groups is 1. The van der Waals surface area contributed by atoms with E-state index in [1.807, 2.05) is 50.2 Å². The van der Waals surface area contributed by atoms with Gasteiger partial charge in [0, 0.05) is 6.54 Å². The van der Waals surface area contributed by atoms with Crippen molar-refractivity contribution in [2.75, 3.05) is 32.8 Å². The fraction of sp³-hybridized carbons (Fsp3) is 0.389. The molecule has 0 unspecified atom stereocenters. The van der Waals surface area contributed by atoms with Gasteiger partial charge in [0.05, 0.1) is 18.1 Å². The van der Waals surface area contributed by atoms with E-state index in [4.69, 9.17) is 4.74 Å². The van der Waals surface area contributed by atoms with Crippen molar-refractivity contribution in [3.05, 3.63) is 106 Å². The number of aryl methyl sites for hydroxylation is 3. The highest BCUT2D eigenvalue weighted by molar-refractivity contribution is 6.15. The summed E-state index contributed by atoms with van der Waals surface area (Å²) in [5.74, 6) is -0.468. The Morgan fingerprint density at radius 3 is 1.95 bits per heavy atom. The molecule has 0 spiro atoms. The summed E-state index contributed by atoms with van der Waals surface area (Å²) in [6, 6.07) is 24.8. The summed E-state index contributed by atoms with van der Waals surface area (Å²) >= 11 is 0. The normalized spacial score (nSPS) is 17.9. The molecule has 2 saturated heterocycles. The second-order valence-electron chi connectivity index (χ2n) is 11.9. The molecule has 0 bridgehead atoms. The van der Waals surface area contributed by atoms with Crippen LogP contribution < -0.4 is 0 Å². The van der Waals surface area contributed by atoms with Gasteiger partial charge in [0.1, 0.15) is 0 Å². The Morgan fingerprint density at radius 2 is 1.43 bits per heavy atom. The third-order valence-electron chi connectivity index (χ3n) is 9.14. The molecule has 4 amide bonds. The molecule has 2 aliphatic heterocycles. The van der Waals surface area contributed by atoms with Gasteiger partial charge in [0.15, 0.2) is 5.54 Å². The van der Waals surface area contributed by atoms with Crippen LogP contribution in [0, 0.1) is 32.1 Å². The second kappa shape index (κ2) is 12.6. The first-order chi connectivity index (χ1) is 21.2. The van der Waals surface area contributed by atoms with Gasteiger partial charge in [0.25, 0.3) is 5.91 Å². The number of benzene rings is 3. The highest BCUT2D eigenvalue weighted by atomic mass is 16.6. The molecule has 0 radical (unpaired) electrons. The molecule has 0 aromatic heterocycles. The first-order valence-corrected chi connectivity index (χ1v) is 15.3. The van der Waals surface area contributed by atoms with Crippen molar-refractivity contribution in [2.24, 2.45) is 0 Å². The van der Waals surface area contributed by atoms with E-state index < -0.39 is 29.0 Å². The number of hydrogen-bond donors (Lipinski definition) is 0. The maximum atomic E-state index is 14.5. The van der Waals surface area contributed by atoms with Gasteiger partial charge < -0.3 is 9.64 Å². The van der Waals surface area contributed by atoms with E-state index in [-0.39, 0.29) is 13.2 Å². The lowest BCUT2D eigenvalue weighted by molar-refractivity contribution is -0.131. The molecule has 0 aliphatic carbocycles. The van der Waals surface area contributed by atoms with Crippen LogP contribution >= 0.6 is 0 Å². The van der Waals surface area contributed by atoms with Crippen molar-refractivity contribution in [1.82, 2.24) is 14.7 Å². The van der Waals surface area contributed by atoms with Crippen LogP contribution in [0.1, 0.15) is 59.6 Å². The Morgan fingerprint density at radius 1 is 0.864 bits per heavy atom. The number of nitrogens with zero attached hydrogens (tertiary/aromatic N) is 4. The molecule has 3 aromatic rings. The van der Waals surface area contributed by atoms with E-state index in [9.17, 15) is 19.6 Å². The number of hydrogen-bond acceptors (Lipinski definition) is 6. The SMILES string of the molecule is CCOC(=O)N1C(=O)N(CCCN2CCC(C#N)(c3ccccc3C)CC2)C(=O)C1(c1ccc(C)cc1)c1ccc(C)cc1. The van der Waals surface area contributed by atoms with Gasteiger partial charge in [-0.25, -0.2) is 14.5 Å². The van der Waals surface area contributed by atoms with E-state index in [1.165, 1.54) is 4.90 Å². The molecule has 0 N–H and O–H groups in total. The number of amides is 4. The lowest BCUT2D eigenvalue weighted by Gasteiger charge is -2.38. The van der Waals surface area contributed by atoms with Gasteiger partial charge in [-0.2, -0.15) is 5.26 Å². The van der Waals surface area contributed by atoms with Crippen molar-refractivity contribution in [3.63, 3.8) is 0 Å². The summed E-state index contributed by atoms with van der Waals surface area (Å²) in [7, 11) is 0. The van der Waals surface area contributed by atoms with E-state index in [2.05, 4.69) is 30.0 Å². The monoisotopic (exact) mass is 592 g/mol. The molecule has 3 aromatic carbocycles. The maximum Gasteiger partial charge on any atom is 0.419 e. The number of imide groups is 2. The van der Waals surface area contributed by atoms with Gasteiger partial charge in [0.2, 0.25) is 0 Å². The Balaban J connectivity index is 1.39. The van der Waals surface area contributed by atoms with Crippen molar-refractivity contribution in [2.45, 2.75) is 57.9 Å². The molecular weight excluding hydrogens is 552 g/mol. The topological polar surface area (TPSA) is 93.9 Å². The van der Waals surface area contributed by atoms with E-state index in [0.717, 1.165) is 53.1 Å². The molecule has 2 aliphatic rings.